The number of thioether (sulfide) groups is 1. The average Bonchev–Trinajstić information content (AvgIpc) is 2.71. The summed E-state index contributed by atoms with van der Waals surface area (Å²) < 4.78 is 25.3. The summed E-state index contributed by atoms with van der Waals surface area (Å²) >= 11 is 1.54. The van der Waals surface area contributed by atoms with E-state index in [1.165, 1.54) is 4.41 Å². The summed E-state index contributed by atoms with van der Waals surface area (Å²) in [6.45, 7) is 1.93. The number of hydrogen-bond donors (Lipinski definition) is 1. The van der Waals surface area contributed by atoms with Crippen LogP contribution in [0.25, 0.3) is 0 Å². The zero-order valence-corrected chi connectivity index (χ0v) is 9.94. The van der Waals surface area contributed by atoms with Crippen LogP contribution in [0, 0.1) is 6.92 Å². The van der Waals surface area contributed by atoms with Gasteiger partial charge >= 0.3 is 0 Å². The molecule has 4 nitrogen and oxygen atoms in total. The van der Waals surface area contributed by atoms with E-state index in [2.05, 4.69) is 5.43 Å². The zero-order chi connectivity index (χ0) is 10.9. The lowest BCUT2D eigenvalue weighted by Crippen LogP contribution is -2.36. The smallest absolute Gasteiger partial charge is 0.230 e. The molecule has 1 aliphatic rings. The standard InChI is InChI=1S/C9H12N2O2S2/c1-8-2-4-9(5-3-8)15(12,13)11-7-14-6-10-11/h2-5,10H,6-7H2,1H3. The number of rotatable bonds is 2. The Hall–Kier alpha value is -0.560. The highest BCUT2D eigenvalue weighted by atomic mass is 32.2. The molecule has 1 aromatic rings. The van der Waals surface area contributed by atoms with Crippen LogP contribution in [0.4, 0.5) is 0 Å². The second-order valence-electron chi connectivity index (χ2n) is 3.30. The Morgan fingerprint density at radius 3 is 2.53 bits per heavy atom. The van der Waals surface area contributed by atoms with E-state index in [1.54, 1.807) is 36.0 Å². The molecule has 0 atom stereocenters. The molecule has 1 aliphatic heterocycles. The first kappa shape index (κ1) is 10.9. The number of benzene rings is 1. The first-order valence-electron chi connectivity index (χ1n) is 4.51. The third-order valence-corrected chi connectivity index (χ3v) is 4.80. The van der Waals surface area contributed by atoms with Crippen LogP contribution < -0.4 is 5.43 Å². The quantitative estimate of drug-likeness (QED) is 0.848. The van der Waals surface area contributed by atoms with E-state index in [-0.39, 0.29) is 0 Å². The lowest BCUT2D eigenvalue weighted by atomic mass is 10.2. The fourth-order valence-electron chi connectivity index (χ4n) is 1.28. The van der Waals surface area contributed by atoms with Crippen LogP contribution in [0.2, 0.25) is 0 Å². The Morgan fingerprint density at radius 1 is 1.33 bits per heavy atom. The monoisotopic (exact) mass is 244 g/mol. The molecule has 0 amide bonds. The van der Waals surface area contributed by atoms with Gasteiger partial charge in [-0.15, -0.1) is 16.2 Å². The maximum atomic E-state index is 12.0. The van der Waals surface area contributed by atoms with Gasteiger partial charge in [-0.3, -0.25) is 0 Å². The highest BCUT2D eigenvalue weighted by molar-refractivity contribution is 8.00. The molecule has 1 fully saturated rings. The average molecular weight is 244 g/mol. The second kappa shape index (κ2) is 4.13. The van der Waals surface area contributed by atoms with Crippen LogP contribution in [0.5, 0.6) is 0 Å². The fraction of sp³-hybridized carbons (Fsp3) is 0.333. The van der Waals surface area contributed by atoms with Gasteiger partial charge in [-0.05, 0) is 19.1 Å². The minimum atomic E-state index is -3.35. The number of hydrogen-bond acceptors (Lipinski definition) is 4. The molecule has 1 heterocycles. The number of nitrogens with zero attached hydrogens (tertiary/aromatic N) is 1. The molecule has 1 N–H and O–H groups in total. The van der Waals surface area contributed by atoms with Crippen LogP contribution >= 0.6 is 11.8 Å². The van der Waals surface area contributed by atoms with Gasteiger partial charge in [-0.1, -0.05) is 17.7 Å². The SMILES string of the molecule is Cc1ccc(S(=O)(=O)N2CSCN2)cc1. The van der Waals surface area contributed by atoms with Gasteiger partial charge in [-0.25, -0.2) is 13.8 Å². The summed E-state index contributed by atoms with van der Waals surface area (Å²) in [4.78, 5) is 0.336. The van der Waals surface area contributed by atoms with Crippen molar-refractivity contribution in [3.05, 3.63) is 29.8 Å². The normalized spacial score (nSPS) is 18.2. The Bertz CT molecular complexity index is 436. The lowest BCUT2D eigenvalue weighted by molar-refractivity contribution is 0.403. The predicted octanol–water partition coefficient (Wildman–Crippen LogP) is 1.15. The molecule has 0 unspecified atom stereocenters. The molecule has 1 aromatic carbocycles. The van der Waals surface area contributed by atoms with E-state index in [1.807, 2.05) is 6.92 Å². The van der Waals surface area contributed by atoms with Crippen molar-refractivity contribution in [3.63, 3.8) is 0 Å². The summed E-state index contributed by atoms with van der Waals surface area (Å²) in [5.74, 6) is 1.11. The van der Waals surface area contributed by atoms with Crippen molar-refractivity contribution >= 4 is 21.8 Å². The first-order chi connectivity index (χ1) is 7.10. The van der Waals surface area contributed by atoms with E-state index in [0.717, 1.165) is 5.56 Å². The van der Waals surface area contributed by atoms with Crippen LogP contribution in [-0.2, 0) is 10.0 Å². The van der Waals surface area contributed by atoms with Gasteiger partial charge in [-0.2, -0.15) is 0 Å². The van der Waals surface area contributed by atoms with Crippen molar-refractivity contribution in [2.45, 2.75) is 11.8 Å². The Labute approximate surface area is 93.7 Å². The minimum Gasteiger partial charge on any atom is -0.230 e. The van der Waals surface area contributed by atoms with Crippen LogP contribution in [0.1, 0.15) is 5.56 Å². The summed E-state index contributed by atoms with van der Waals surface area (Å²) in [5.41, 5.74) is 3.87. The van der Waals surface area contributed by atoms with Crippen molar-refractivity contribution < 1.29 is 8.42 Å². The third-order valence-electron chi connectivity index (χ3n) is 2.16. The first-order valence-corrected chi connectivity index (χ1v) is 7.11. The molecule has 1 saturated heterocycles. The third kappa shape index (κ3) is 2.17. The van der Waals surface area contributed by atoms with Crippen LogP contribution in [0.3, 0.4) is 0 Å². The molecule has 0 spiro atoms. The van der Waals surface area contributed by atoms with E-state index in [4.69, 9.17) is 0 Å². The van der Waals surface area contributed by atoms with Gasteiger partial charge in [0.15, 0.2) is 0 Å². The number of nitrogens with one attached hydrogen (secondary N) is 1. The Balaban J connectivity index is 2.32. The predicted molar refractivity (Wildman–Crippen MR) is 60.7 cm³/mol. The highest BCUT2D eigenvalue weighted by Crippen LogP contribution is 2.20. The number of hydrazine groups is 1. The van der Waals surface area contributed by atoms with E-state index in [9.17, 15) is 8.42 Å². The molecule has 2 rings (SSSR count). The molecule has 0 radical (unpaired) electrons. The molecule has 0 aromatic heterocycles. The maximum absolute atomic E-state index is 12.0. The van der Waals surface area contributed by atoms with Crippen molar-refractivity contribution in [1.82, 2.24) is 9.84 Å². The largest absolute Gasteiger partial charge is 0.256 e. The van der Waals surface area contributed by atoms with Crippen molar-refractivity contribution in [3.8, 4) is 0 Å². The minimum absolute atomic E-state index is 0.336. The lowest BCUT2D eigenvalue weighted by Gasteiger charge is -2.14. The molecule has 0 aliphatic carbocycles. The van der Waals surface area contributed by atoms with Crippen molar-refractivity contribution in [2.24, 2.45) is 0 Å². The molecule has 6 heteroatoms. The van der Waals surface area contributed by atoms with Gasteiger partial charge in [0.2, 0.25) is 0 Å². The molecule has 82 valence electrons. The molecular formula is C9H12N2O2S2. The molecule has 0 bridgehead atoms. The van der Waals surface area contributed by atoms with E-state index in [0.29, 0.717) is 16.6 Å². The van der Waals surface area contributed by atoms with Gasteiger partial charge in [0.25, 0.3) is 10.0 Å². The fourth-order valence-corrected chi connectivity index (χ4v) is 3.71. The summed E-state index contributed by atoms with van der Waals surface area (Å²) in [6, 6.07) is 6.87. The number of sulfonamides is 1. The summed E-state index contributed by atoms with van der Waals surface area (Å²) in [5, 5.41) is 0. The molecular weight excluding hydrogens is 232 g/mol. The number of aryl methyl sites for hydroxylation is 1. The highest BCUT2D eigenvalue weighted by Gasteiger charge is 2.27. The van der Waals surface area contributed by atoms with Crippen LogP contribution in [0.15, 0.2) is 29.2 Å². The van der Waals surface area contributed by atoms with E-state index < -0.39 is 10.0 Å². The van der Waals surface area contributed by atoms with Gasteiger partial charge < -0.3 is 0 Å². The second-order valence-corrected chi connectivity index (χ2v) is 6.12. The van der Waals surface area contributed by atoms with E-state index >= 15 is 0 Å². The Morgan fingerprint density at radius 2 is 2.00 bits per heavy atom. The topological polar surface area (TPSA) is 49.4 Å². The summed E-state index contributed by atoms with van der Waals surface area (Å²) in [6.07, 6.45) is 0. The van der Waals surface area contributed by atoms with Crippen LogP contribution in [-0.4, -0.2) is 24.6 Å². The summed E-state index contributed by atoms with van der Waals surface area (Å²) in [7, 11) is -3.35. The zero-order valence-electron chi connectivity index (χ0n) is 8.30. The van der Waals surface area contributed by atoms with Gasteiger partial charge in [0.05, 0.1) is 16.6 Å². The molecule has 15 heavy (non-hydrogen) atoms. The van der Waals surface area contributed by atoms with Gasteiger partial charge in [0.1, 0.15) is 0 Å². The Kier molecular flexibility index (Phi) is 3.01. The van der Waals surface area contributed by atoms with Crippen molar-refractivity contribution in [1.29, 1.82) is 0 Å². The van der Waals surface area contributed by atoms with Gasteiger partial charge in [0, 0.05) is 0 Å². The maximum Gasteiger partial charge on any atom is 0.256 e. The molecule has 0 saturated carbocycles. The van der Waals surface area contributed by atoms with Crippen molar-refractivity contribution in [2.75, 3.05) is 11.8 Å².